The zero-order chi connectivity index (χ0) is 12.0. The van der Waals surface area contributed by atoms with E-state index in [9.17, 15) is 4.39 Å². The Kier molecular flexibility index (Phi) is 5.25. The molecule has 3 nitrogen and oxygen atoms in total. The minimum atomic E-state index is -0.435. The minimum Gasteiger partial charge on any atom is -0.494 e. The fourth-order valence-electron chi connectivity index (χ4n) is 1.32. The van der Waals surface area contributed by atoms with Gasteiger partial charge in [-0.25, -0.2) is 4.39 Å². The van der Waals surface area contributed by atoms with Gasteiger partial charge in [0.1, 0.15) is 0 Å². The third-order valence-electron chi connectivity index (χ3n) is 2.16. The van der Waals surface area contributed by atoms with Crippen molar-refractivity contribution in [2.75, 3.05) is 36.7 Å². The number of rotatable bonds is 6. The van der Waals surface area contributed by atoms with Gasteiger partial charge in [0.2, 0.25) is 0 Å². The first-order valence-electron chi connectivity index (χ1n) is 5.05. The van der Waals surface area contributed by atoms with Crippen LogP contribution in [0, 0.1) is 5.82 Å². The minimum absolute atomic E-state index is 0.210. The normalized spacial score (nSPS) is 10.2. The molecular formula is C11H17FN2OS. The molecule has 0 radical (unpaired) electrons. The second-order valence-electron chi connectivity index (χ2n) is 3.35. The number of nitrogen functional groups attached to an aromatic ring is 1. The Morgan fingerprint density at radius 1 is 1.50 bits per heavy atom. The molecule has 0 aliphatic heterocycles. The fourth-order valence-corrected chi connectivity index (χ4v) is 1.75. The highest BCUT2D eigenvalue weighted by atomic mass is 32.2. The number of hydrogen-bond donors (Lipinski definition) is 2. The van der Waals surface area contributed by atoms with Crippen LogP contribution in [0.5, 0.6) is 5.75 Å². The molecule has 0 saturated carbocycles. The van der Waals surface area contributed by atoms with Gasteiger partial charge in [0.25, 0.3) is 0 Å². The molecular weight excluding hydrogens is 227 g/mol. The van der Waals surface area contributed by atoms with Crippen LogP contribution in [0.4, 0.5) is 15.8 Å². The Morgan fingerprint density at radius 2 is 2.25 bits per heavy atom. The van der Waals surface area contributed by atoms with Crippen molar-refractivity contribution >= 4 is 23.1 Å². The van der Waals surface area contributed by atoms with Crippen LogP contribution in [0.1, 0.15) is 6.42 Å². The standard InChI is InChI=1S/C11H17FN2OS/c1-15-11-7-10(9(13)6-8(11)12)14-4-3-5-16-2/h6-7,14H,3-5,13H2,1-2H3. The molecule has 0 atom stereocenters. The lowest BCUT2D eigenvalue weighted by Gasteiger charge is -2.11. The largest absolute Gasteiger partial charge is 0.494 e. The van der Waals surface area contributed by atoms with Gasteiger partial charge in [-0.15, -0.1) is 0 Å². The second kappa shape index (κ2) is 6.48. The van der Waals surface area contributed by atoms with Crippen molar-refractivity contribution in [3.8, 4) is 5.75 Å². The lowest BCUT2D eigenvalue weighted by Crippen LogP contribution is -2.06. The van der Waals surface area contributed by atoms with Gasteiger partial charge in [-0.1, -0.05) is 0 Å². The van der Waals surface area contributed by atoms with Crippen molar-refractivity contribution in [3.05, 3.63) is 17.9 Å². The van der Waals surface area contributed by atoms with Crippen molar-refractivity contribution in [2.24, 2.45) is 0 Å². The molecule has 0 aliphatic carbocycles. The van der Waals surface area contributed by atoms with Gasteiger partial charge < -0.3 is 15.8 Å². The molecule has 1 aromatic carbocycles. The predicted molar refractivity (Wildman–Crippen MR) is 68.9 cm³/mol. The summed E-state index contributed by atoms with van der Waals surface area (Å²) in [6, 6.07) is 2.86. The van der Waals surface area contributed by atoms with E-state index in [2.05, 4.69) is 11.6 Å². The van der Waals surface area contributed by atoms with Crippen LogP contribution in [0.2, 0.25) is 0 Å². The van der Waals surface area contributed by atoms with Gasteiger partial charge in [-0.05, 0) is 18.4 Å². The summed E-state index contributed by atoms with van der Waals surface area (Å²) in [4.78, 5) is 0. The Morgan fingerprint density at radius 3 is 2.88 bits per heavy atom. The number of anilines is 2. The molecule has 0 heterocycles. The van der Waals surface area contributed by atoms with Gasteiger partial charge >= 0.3 is 0 Å². The Labute approximate surface area is 99.5 Å². The van der Waals surface area contributed by atoms with Crippen molar-refractivity contribution in [2.45, 2.75) is 6.42 Å². The van der Waals surface area contributed by atoms with Crippen LogP contribution in [0.25, 0.3) is 0 Å². The predicted octanol–water partition coefficient (Wildman–Crippen LogP) is 2.58. The van der Waals surface area contributed by atoms with E-state index in [0.29, 0.717) is 5.69 Å². The first-order valence-corrected chi connectivity index (χ1v) is 6.44. The first-order chi connectivity index (χ1) is 7.69. The Hall–Kier alpha value is -1.10. The zero-order valence-corrected chi connectivity index (χ0v) is 10.4. The molecule has 0 aromatic heterocycles. The maximum Gasteiger partial charge on any atom is 0.167 e. The molecule has 90 valence electrons. The van der Waals surface area contributed by atoms with E-state index >= 15 is 0 Å². The molecule has 0 aliphatic rings. The van der Waals surface area contributed by atoms with Crippen molar-refractivity contribution in [1.82, 2.24) is 0 Å². The van der Waals surface area contributed by atoms with Crippen LogP contribution in [-0.2, 0) is 0 Å². The average Bonchev–Trinajstić information content (AvgIpc) is 2.27. The number of nitrogens with one attached hydrogen (secondary N) is 1. The van der Waals surface area contributed by atoms with Crippen molar-refractivity contribution in [3.63, 3.8) is 0 Å². The topological polar surface area (TPSA) is 47.3 Å². The molecule has 1 aromatic rings. The zero-order valence-electron chi connectivity index (χ0n) is 9.55. The molecule has 0 spiro atoms. The van der Waals surface area contributed by atoms with E-state index < -0.39 is 5.82 Å². The third-order valence-corrected chi connectivity index (χ3v) is 2.86. The Bertz CT molecular complexity index is 347. The van der Waals surface area contributed by atoms with E-state index in [1.807, 2.05) is 0 Å². The number of ether oxygens (including phenoxy) is 1. The lowest BCUT2D eigenvalue weighted by atomic mass is 10.2. The molecule has 5 heteroatoms. The fraction of sp³-hybridized carbons (Fsp3) is 0.455. The van der Waals surface area contributed by atoms with Gasteiger partial charge in [0, 0.05) is 18.7 Å². The summed E-state index contributed by atoms with van der Waals surface area (Å²) >= 11 is 1.80. The highest BCUT2D eigenvalue weighted by Gasteiger charge is 2.07. The van der Waals surface area contributed by atoms with E-state index in [-0.39, 0.29) is 5.75 Å². The quantitative estimate of drug-likeness (QED) is 0.596. The number of methoxy groups -OCH3 is 1. The van der Waals surface area contributed by atoms with Crippen LogP contribution >= 0.6 is 11.8 Å². The van der Waals surface area contributed by atoms with E-state index in [0.717, 1.165) is 24.4 Å². The van der Waals surface area contributed by atoms with E-state index in [1.165, 1.54) is 13.2 Å². The highest BCUT2D eigenvalue weighted by molar-refractivity contribution is 7.98. The number of benzene rings is 1. The SMILES string of the molecule is COc1cc(NCCCSC)c(N)cc1F. The molecule has 0 unspecified atom stereocenters. The van der Waals surface area contributed by atoms with Gasteiger partial charge in [-0.2, -0.15) is 11.8 Å². The number of thioether (sulfide) groups is 1. The molecule has 16 heavy (non-hydrogen) atoms. The van der Waals surface area contributed by atoms with Gasteiger partial charge in [0.05, 0.1) is 18.5 Å². The summed E-state index contributed by atoms with van der Waals surface area (Å²) < 4.78 is 18.1. The number of nitrogens with two attached hydrogens (primary N) is 1. The summed E-state index contributed by atoms with van der Waals surface area (Å²) in [5, 5.41) is 3.16. The lowest BCUT2D eigenvalue weighted by molar-refractivity contribution is 0.387. The van der Waals surface area contributed by atoms with E-state index in [4.69, 9.17) is 10.5 Å². The number of hydrogen-bond acceptors (Lipinski definition) is 4. The monoisotopic (exact) mass is 244 g/mol. The maximum absolute atomic E-state index is 13.2. The average molecular weight is 244 g/mol. The summed E-state index contributed by atoms with van der Waals surface area (Å²) in [5.74, 6) is 0.863. The molecule has 3 N–H and O–H groups in total. The molecule has 0 fully saturated rings. The van der Waals surface area contributed by atoms with Gasteiger partial charge in [-0.3, -0.25) is 0 Å². The molecule has 0 saturated heterocycles. The van der Waals surface area contributed by atoms with Crippen LogP contribution < -0.4 is 15.8 Å². The maximum atomic E-state index is 13.2. The van der Waals surface area contributed by atoms with Crippen LogP contribution in [-0.4, -0.2) is 25.7 Å². The summed E-state index contributed by atoms with van der Waals surface area (Å²) in [6.45, 7) is 0.819. The molecule has 1 rings (SSSR count). The Balaban J connectivity index is 2.64. The smallest absolute Gasteiger partial charge is 0.167 e. The number of halogens is 1. The summed E-state index contributed by atoms with van der Waals surface area (Å²) in [7, 11) is 1.44. The highest BCUT2D eigenvalue weighted by Crippen LogP contribution is 2.27. The van der Waals surface area contributed by atoms with Crippen molar-refractivity contribution < 1.29 is 9.13 Å². The molecule has 0 amide bonds. The van der Waals surface area contributed by atoms with E-state index in [1.54, 1.807) is 17.8 Å². The van der Waals surface area contributed by atoms with Gasteiger partial charge in [0.15, 0.2) is 11.6 Å². The third kappa shape index (κ3) is 3.48. The van der Waals surface area contributed by atoms with Crippen LogP contribution in [0.3, 0.4) is 0 Å². The van der Waals surface area contributed by atoms with Crippen LogP contribution in [0.15, 0.2) is 12.1 Å². The second-order valence-corrected chi connectivity index (χ2v) is 4.33. The van der Waals surface area contributed by atoms with Crippen molar-refractivity contribution in [1.29, 1.82) is 0 Å². The molecule has 0 bridgehead atoms. The summed E-state index contributed by atoms with van der Waals surface area (Å²) in [5.41, 5.74) is 6.82. The first kappa shape index (κ1) is 13.0. The summed E-state index contributed by atoms with van der Waals surface area (Å²) in [6.07, 6.45) is 3.11.